The first-order chi connectivity index (χ1) is 14.6. The number of carbonyl (C=O) groups excluding carboxylic acids is 2. The molecule has 0 unspecified atom stereocenters. The molecule has 1 atom stereocenters. The zero-order valence-corrected chi connectivity index (χ0v) is 17.8. The molecule has 6 nitrogen and oxygen atoms in total. The second-order valence-corrected chi connectivity index (χ2v) is 7.68. The van der Waals surface area contributed by atoms with Gasteiger partial charge in [0.05, 0.1) is 7.11 Å². The Bertz CT molecular complexity index is 835. The van der Waals surface area contributed by atoms with Crippen LogP contribution in [0.25, 0.3) is 0 Å². The Hall–Kier alpha value is -2.86. The van der Waals surface area contributed by atoms with E-state index in [-0.39, 0.29) is 17.7 Å². The first-order valence-electron chi connectivity index (χ1n) is 10.5. The third kappa shape index (κ3) is 5.83. The van der Waals surface area contributed by atoms with E-state index in [0.717, 1.165) is 26.2 Å². The second kappa shape index (κ2) is 10.8. The van der Waals surface area contributed by atoms with Gasteiger partial charge in [-0.3, -0.25) is 9.59 Å². The molecule has 0 aliphatic carbocycles. The van der Waals surface area contributed by atoms with Gasteiger partial charge in [0.1, 0.15) is 5.75 Å². The van der Waals surface area contributed by atoms with Gasteiger partial charge < -0.3 is 19.9 Å². The van der Waals surface area contributed by atoms with Crippen LogP contribution in [0.15, 0.2) is 54.6 Å². The third-order valence-corrected chi connectivity index (χ3v) is 5.53. The minimum atomic E-state index is -0.0789. The van der Waals surface area contributed by atoms with Crippen molar-refractivity contribution in [1.82, 2.24) is 15.1 Å². The maximum atomic E-state index is 13.3. The SMILES string of the molecule is COc1cccc(C(=O)N(CCC(=O)N2CCNCC2)C[C@@H](C)c2ccccc2)c1. The number of rotatable bonds is 8. The van der Waals surface area contributed by atoms with Crippen molar-refractivity contribution in [3.05, 3.63) is 65.7 Å². The Balaban J connectivity index is 1.73. The van der Waals surface area contributed by atoms with Crippen LogP contribution in [0.3, 0.4) is 0 Å². The van der Waals surface area contributed by atoms with Gasteiger partial charge in [0.15, 0.2) is 0 Å². The number of carbonyl (C=O) groups is 2. The van der Waals surface area contributed by atoms with E-state index in [1.54, 1.807) is 24.1 Å². The number of ether oxygens (including phenoxy) is 1. The first kappa shape index (κ1) is 21.8. The number of hydrogen-bond acceptors (Lipinski definition) is 4. The molecule has 0 saturated carbocycles. The van der Waals surface area contributed by atoms with Crippen LogP contribution in [0.4, 0.5) is 0 Å². The van der Waals surface area contributed by atoms with Crippen LogP contribution in [-0.4, -0.2) is 68.0 Å². The van der Waals surface area contributed by atoms with Crippen molar-refractivity contribution in [2.24, 2.45) is 0 Å². The zero-order chi connectivity index (χ0) is 21.3. The molecule has 2 aromatic carbocycles. The van der Waals surface area contributed by atoms with Crippen molar-refractivity contribution in [1.29, 1.82) is 0 Å². The van der Waals surface area contributed by atoms with Crippen LogP contribution in [0.1, 0.15) is 35.2 Å². The molecule has 6 heteroatoms. The van der Waals surface area contributed by atoms with Gasteiger partial charge >= 0.3 is 0 Å². The number of nitrogens with one attached hydrogen (secondary N) is 1. The zero-order valence-electron chi connectivity index (χ0n) is 17.8. The van der Waals surface area contributed by atoms with Crippen LogP contribution in [0, 0.1) is 0 Å². The topological polar surface area (TPSA) is 61.9 Å². The highest BCUT2D eigenvalue weighted by molar-refractivity contribution is 5.95. The maximum absolute atomic E-state index is 13.3. The predicted molar refractivity (Wildman–Crippen MR) is 118 cm³/mol. The van der Waals surface area contributed by atoms with Crippen molar-refractivity contribution >= 4 is 11.8 Å². The second-order valence-electron chi connectivity index (χ2n) is 7.68. The Morgan fingerprint density at radius 1 is 1.10 bits per heavy atom. The molecule has 1 fully saturated rings. The Morgan fingerprint density at radius 3 is 2.53 bits per heavy atom. The number of methoxy groups -OCH3 is 1. The number of nitrogens with zero attached hydrogens (tertiary/aromatic N) is 2. The minimum Gasteiger partial charge on any atom is -0.497 e. The fourth-order valence-corrected chi connectivity index (χ4v) is 3.73. The van der Waals surface area contributed by atoms with E-state index in [1.165, 1.54) is 5.56 Å². The molecule has 0 spiro atoms. The summed E-state index contributed by atoms with van der Waals surface area (Å²) in [7, 11) is 1.59. The summed E-state index contributed by atoms with van der Waals surface area (Å²) in [5, 5.41) is 3.26. The van der Waals surface area contributed by atoms with Gasteiger partial charge in [0.25, 0.3) is 5.91 Å². The smallest absolute Gasteiger partial charge is 0.254 e. The van der Waals surface area contributed by atoms with Crippen LogP contribution >= 0.6 is 0 Å². The number of benzene rings is 2. The van der Waals surface area contributed by atoms with E-state index in [9.17, 15) is 9.59 Å². The summed E-state index contributed by atoms with van der Waals surface area (Å²) in [6, 6.07) is 17.3. The van der Waals surface area contributed by atoms with Gasteiger partial charge in [-0.1, -0.05) is 43.3 Å². The summed E-state index contributed by atoms with van der Waals surface area (Å²) in [6.45, 7) is 6.16. The molecule has 1 aliphatic rings. The van der Waals surface area contributed by atoms with E-state index >= 15 is 0 Å². The average Bonchev–Trinajstić information content (AvgIpc) is 2.82. The normalized spacial score (nSPS) is 14.8. The standard InChI is InChI=1S/C24H31N3O3/c1-19(20-7-4-3-5-8-20)18-27(14-11-23(28)26-15-12-25-13-16-26)24(29)21-9-6-10-22(17-21)30-2/h3-10,17,19,25H,11-16,18H2,1-2H3/t19-/m1/s1. The monoisotopic (exact) mass is 409 g/mol. The molecule has 1 heterocycles. The van der Waals surface area contributed by atoms with E-state index < -0.39 is 0 Å². The van der Waals surface area contributed by atoms with E-state index in [4.69, 9.17) is 4.74 Å². The molecule has 2 amide bonds. The highest BCUT2D eigenvalue weighted by Crippen LogP contribution is 2.20. The minimum absolute atomic E-state index is 0.0789. The van der Waals surface area contributed by atoms with Crippen LogP contribution in [-0.2, 0) is 4.79 Å². The van der Waals surface area contributed by atoms with Crippen LogP contribution in [0.2, 0.25) is 0 Å². The fraction of sp³-hybridized carbons (Fsp3) is 0.417. The lowest BCUT2D eigenvalue weighted by Crippen LogP contribution is -2.47. The largest absolute Gasteiger partial charge is 0.497 e. The summed E-state index contributed by atoms with van der Waals surface area (Å²) in [6.07, 6.45) is 0.331. The van der Waals surface area contributed by atoms with Gasteiger partial charge in [-0.15, -0.1) is 0 Å². The quantitative estimate of drug-likeness (QED) is 0.728. The van der Waals surface area contributed by atoms with Crippen molar-refractivity contribution in [2.45, 2.75) is 19.3 Å². The van der Waals surface area contributed by atoms with Gasteiger partial charge in [-0.05, 0) is 29.7 Å². The summed E-state index contributed by atoms with van der Waals surface area (Å²) in [5.74, 6) is 0.834. The summed E-state index contributed by atoms with van der Waals surface area (Å²) in [4.78, 5) is 29.6. The third-order valence-electron chi connectivity index (χ3n) is 5.53. The number of piperazine rings is 1. The van der Waals surface area contributed by atoms with Crippen molar-refractivity contribution in [3.63, 3.8) is 0 Å². The lowest BCUT2D eigenvalue weighted by molar-refractivity contribution is -0.131. The van der Waals surface area contributed by atoms with E-state index in [1.807, 2.05) is 35.2 Å². The number of hydrogen-bond donors (Lipinski definition) is 1. The lowest BCUT2D eigenvalue weighted by Gasteiger charge is -2.30. The molecule has 1 saturated heterocycles. The number of amides is 2. The molecule has 0 aromatic heterocycles. The predicted octanol–water partition coefficient (Wildman–Crippen LogP) is 2.76. The van der Waals surface area contributed by atoms with Gasteiger partial charge in [0, 0.05) is 51.3 Å². The Kier molecular flexibility index (Phi) is 7.85. The summed E-state index contributed by atoms with van der Waals surface area (Å²) >= 11 is 0. The Morgan fingerprint density at radius 2 is 1.83 bits per heavy atom. The highest BCUT2D eigenvalue weighted by Gasteiger charge is 2.22. The first-order valence-corrected chi connectivity index (χ1v) is 10.5. The van der Waals surface area contributed by atoms with Crippen molar-refractivity contribution in [3.8, 4) is 5.75 Å². The molecule has 1 N–H and O–H groups in total. The molecule has 1 aliphatic heterocycles. The molecule has 0 bridgehead atoms. The van der Waals surface area contributed by atoms with E-state index in [2.05, 4.69) is 24.4 Å². The molecule has 0 radical (unpaired) electrons. The average molecular weight is 410 g/mol. The molecule has 160 valence electrons. The summed E-state index contributed by atoms with van der Waals surface area (Å²) < 4.78 is 5.28. The van der Waals surface area contributed by atoms with E-state index in [0.29, 0.717) is 30.8 Å². The molecule has 3 rings (SSSR count). The lowest BCUT2D eigenvalue weighted by atomic mass is 10.00. The van der Waals surface area contributed by atoms with Gasteiger partial charge in [-0.25, -0.2) is 0 Å². The van der Waals surface area contributed by atoms with Gasteiger partial charge in [-0.2, -0.15) is 0 Å². The molecule has 30 heavy (non-hydrogen) atoms. The summed E-state index contributed by atoms with van der Waals surface area (Å²) in [5.41, 5.74) is 1.75. The van der Waals surface area contributed by atoms with Gasteiger partial charge in [0.2, 0.25) is 5.91 Å². The molecule has 2 aromatic rings. The molecular formula is C24H31N3O3. The van der Waals surface area contributed by atoms with Crippen molar-refractivity contribution in [2.75, 3.05) is 46.4 Å². The van der Waals surface area contributed by atoms with Crippen LogP contribution in [0.5, 0.6) is 5.75 Å². The fourth-order valence-electron chi connectivity index (χ4n) is 3.73. The Labute approximate surface area is 178 Å². The van der Waals surface area contributed by atoms with Crippen LogP contribution < -0.4 is 10.1 Å². The van der Waals surface area contributed by atoms with Crippen molar-refractivity contribution < 1.29 is 14.3 Å². The molecular weight excluding hydrogens is 378 g/mol. The maximum Gasteiger partial charge on any atom is 0.254 e. The highest BCUT2D eigenvalue weighted by atomic mass is 16.5.